The first-order valence-electron chi connectivity index (χ1n) is 11.0. The third-order valence-electron chi connectivity index (χ3n) is 6.09. The number of likely N-dealkylation sites (tertiary alicyclic amines) is 1. The molecule has 0 unspecified atom stereocenters. The smallest absolute Gasteiger partial charge is 0.251 e. The molecule has 5 rings (SSSR count). The fourth-order valence-electron chi connectivity index (χ4n) is 4.31. The number of nitrogens with one attached hydrogen (secondary N) is 2. The summed E-state index contributed by atoms with van der Waals surface area (Å²) in [6.45, 7) is 4.21. The van der Waals surface area contributed by atoms with E-state index in [1.54, 1.807) is 18.3 Å². The Balaban J connectivity index is 1.12. The predicted octanol–water partition coefficient (Wildman–Crippen LogP) is 2.09. The number of anilines is 1. The Labute approximate surface area is 190 Å². The maximum Gasteiger partial charge on any atom is 0.251 e. The number of amides is 1. The van der Waals surface area contributed by atoms with Gasteiger partial charge in [0, 0.05) is 37.9 Å². The third-order valence-corrected chi connectivity index (χ3v) is 7.14. The number of hydrogen-bond acceptors (Lipinski definition) is 7. The molecular weight excluding hydrogens is 424 g/mol. The van der Waals surface area contributed by atoms with Crippen LogP contribution in [-0.4, -0.2) is 56.8 Å². The SMILES string of the molecule is O=C1CSc2ccc(CNC3CCN(CCn4c(=O)ccc5ncccc54)CC3)nc2N1. The molecule has 0 saturated carbocycles. The highest BCUT2D eigenvalue weighted by Crippen LogP contribution is 2.29. The van der Waals surface area contributed by atoms with Gasteiger partial charge in [0.25, 0.3) is 5.56 Å². The number of pyridine rings is 3. The van der Waals surface area contributed by atoms with Crippen molar-refractivity contribution in [1.29, 1.82) is 0 Å². The minimum Gasteiger partial charge on any atom is -0.309 e. The molecule has 2 N–H and O–H groups in total. The Bertz CT molecular complexity index is 1190. The molecule has 3 aromatic heterocycles. The van der Waals surface area contributed by atoms with E-state index in [4.69, 9.17) is 0 Å². The Hall–Kier alpha value is -2.75. The zero-order valence-corrected chi connectivity index (χ0v) is 18.6. The van der Waals surface area contributed by atoms with Gasteiger partial charge in [-0.15, -0.1) is 11.8 Å². The summed E-state index contributed by atoms with van der Waals surface area (Å²) in [5.74, 6) is 1.14. The summed E-state index contributed by atoms with van der Waals surface area (Å²) in [4.78, 5) is 36.3. The van der Waals surface area contributed by atoms with Gasteiger partial charge in [-0.2, -0.15) is 0 Å². The van der Waals surface area contributed by atoms with E-state index >= 15 is 0 Å². The molecule has 0 aromatic carbocycles. The summed E-state index contributed by atoms with van der Waals surface area (Å²) >= 11 is 1.53. The van der Waals surface area contributed by atoms with Crippen LogP contribution in [0.15, 0.2) is 52.3 Å². The van der Waals surface area contributed by atoms with Crippen molar-refractivity contribution < 1.29 is 4.79 Å². The number of fused-ring (bicyclic) bond motifs is 2. The zero-order valence-electron chi connectivity index (χ0n) is 17.8. The molecule has 3 aromatic rings. The minimum atomic E-state index is 0.00880. The van der Waals surface area contributed by atoms with Crippen molar-refractivity contribution in [2.45, 2.75) is 36.9 Å². The van der Waals surface area contributed by atoms with Crippen LogP contribution in [0.2, 0.25) is 0 Å². The molecule has 32 heavy (non-hydrogen) atoms. The number of aromatic nitrogens is 3. The maximum absolute atomic E-state index is 12.4. The number of rotatable bonds is 6. The van der Waals surface area contributed by atoms with Crippen LogP contribution >= 0.6 is 11.8 Å². The third kappa shape index (κ3) is 4.69. The standard InChI is InChI=1S/C23H26N6O2S/c30-21-15-32-20-5-3-17(26-23(20)27-21)14-25-16-7-10-28(11-8-16)12-13-29-19-2-1-9-24-18(19)4-6-22(29)31/h1-6,9,16,25H,7-8,10-15H2,(H,26,27,30). The van der Waals surface area contributed by atoms with Gasteiger partial charge in [0.1, 0.15) is 5.82 Å². The first-order chi connectivity index (χ1) is 15.7. The van der Waals surface area contributed by atoms with Crippen LogP contribution in [0.3, 0.4) is 0 Å². The van der Waals surface area contributed by atoms with Gasteiger partial charge < -0.3 is 20.1 Å². The summed E-state index contributed by atoms with van der Waals surface area (Å²) in [5.41, 5.74) is 2.71. The second kappa shape index (κ2) is 9.40. The molecule has 8 nitrogen and oxygen atoms in total. The Morgan fingerprint density at radius 1 is 1.09 bits per heavy atom. The average Bonchev–Trinajstić information content (AvgIpc) is 2.82. The molecule has 2 aliphatic heterocycles. The summed E-state index contributed by atoms with van der Waals surface area (Å²) in [5, 5.41) is 6.46. The van der Waals surface area contributed by atoms with Gasteiger partial charge in [0.05, 0.1) is 27.4 Å². The van der Waals surface area contributed by atoms with E-state index in [-0.39, 0.29) is 11.5 Å². The number of nitrogens with zero attached hydrogens (tertiary/aromatic N) is 4. The van der Waals surface area contributed by atoms with Gasteiger partial charge in [-0.25, -0.2) is 4.98 Å². The lowest BCUT2D eigenvalue weighted by molar-refractivity contribution is -0.113. The summed E-state index contributed by atoms with van der Waals surface area (Å²) in [7, 11) is 0. The fraction of sp³-hybridized carbons (Fsp3) is 0.391. The Kier molecular flexibility index (Phi) is 6.20. The molecule has 5 heterocycles. The van der Waals surface area contributed by atoms with Crippen LogP contribution in [0.25, 0.3) is 11.0 Å². The van der Waals surface area contributed by atoms with Gasteiger partial charge in [-0.3, -0.25) is 14.6 Å². The lowest BCUT2D eigenvalue weighted by Crippen LogP contribution is -2.43. The predicted molar refractivity (Wildman–Crippen MR) is 126 cm³/mol. The number of thioether (sulfide) groups is 1. The number of carbonyl (C=O) groups excluding carboxylic acids is 1. The summed E-state index contributed by atoms with van der Waals surface area (Å²) in [6, 6.07) is 11.7. The topological polar surface area (TPSA) is 92.2 Å². The summed E-state index contributed by atoms with van der Waals surface area (Å²) in [6.07, 6.45) is 3.87. The summed E-state index contributed by atoms with van der Waals surface area (Å²) < 4.78 is 1.82. The number of hydrogen-bond donors (Lipinski definition) is 2. The van der Waals surface area contributed by atoms with E-state index < -0.39 is 0 Å². The van der Waals surface area contributed by atoms with Crippen LogP contribution in [0.4, 0.5) is 5.82 Å². The molecular formula is C23H26N6O2S. The van der Waals surface area contributed by atoms with Crippen molar-refractivity contribution in [2.24, 2.45) is 0 Å². The van der Waals surface area contributed by atoms with E-state index in [9.17, 15) is 9.59 Å². The van der Waals surface area contributed by atoms with Crippen molar-refractivity contribution in [2.75, 3.05) is 30.7 Å². The molecule has 0 atom stereocenters. The quantitative estimate of drug-likeness (QED) is 0.594. The monoisotopic (exact) mass is 450 g/mol. The molecule has 0 radical (unpaired) electrons. The first-order valence-corrected chi connectivity index (χ1v) is 12.0. The zero-order chi connectivity index (χ0) is 21.9. The first kappa shape index (κ1) is 21.1. The number of carbonyl (C=O) groups is 1. The van der Waals surface area contributed by atoms with E-state index in [2.05, 4.69) is 25.5 Å². The molecule has 166 valence electrons. The van der Waals surface area contributed by atoms with Crippen LogP contribution in [-0.2, 0) is 17.9 Å². The van der Waals surface area contributed by atoms with Crippen molar-refractivity contribution in [3.8, 4) is 0 Å². The molecule has 1 fully saturated rings. The highest BCUT2D eigenvalue weighted by Gasteiger charge is 2.20. The van der Waals surface area contributed by atoms with Crippen molar-refractivity contribution >= 4 is 34.5 Å². The average molecular weight is 451 g/mol. The molecule has 0 spiro atoms. The second-order valence-electron chi connectivity index (χ2n) is 8.21. The molecule has 1 amide bonds. The van der Waals surface area contributed by atoms with Gasteiger partial charge in [-0.05, 0) is 56.3 Å². The van der Waals surface area contributed by atoms with Gasteiger partial charge in [0.15, 0.2) is 0 Å². The van der Waals surface area contributed by atoms with Gasteiger partial charge in [0.2, 0.25) is 5.91 Å². The lowest BCUT2D eigenvalue weighted by atomic mass is 10.0. The minimum absolute atomic E-state index is 0.00880. The Morgan fingerprint density at radius 3 is 2.84 bits per heavy atom. The van der Waals surface area contributed by atoms with E-state index in [1.807, 2.05) is 28.8 Å². The van der Waals surface area contributed by atoms with Crippen molar-refractivity contribution in [1.82, 2.24) is 24.8 Å². The van der Waals surface area contributed by atoms with Crippen LogP contribution in [0.1, 0.15) is 18.5 Å². The normalized spacial score (nSPS) is 17.3. The van der Waals surface area contributed by atoms with Crippen molar-refractivity contribution in [3.05, 3.63) is 58.6 Å². The van der Waals surface area contributed by atoms with Crippen LogP contribution in [0, 0.1) is 0 Å². The molecule has 0 aliphatic carbocycles. The lowest BCUT2D eigenvalue weighted by Gasteiger charge is -2.32. The largest absolute Gasteiger partial charge is 0.309 e. The number of piperidine rings is 1. The molecule has 0 bridgehead atoms. The molecule has 2 aliphatic rings. The Morgan fingerprint density at radius 2 is 1.97 bits per heavy atom. The van der Waals surface area contributed by atoms with Crippen LogP contribution in [0.5, 0.6) is 0 Å². The second-order valence-corrected chi connectivity index (χ2v) is 9.23. The maximum atomic E-state index is 12.4. The van der Waals surface area contributed by atoms with E-state index in [0.29, 0.717) is 30.7 Å². The van der Waals surface area contributed by atoms with Gasteiger partial charge in [-0.1, -0.05) is 0 Å². The van der Waals surface area contributed by atoms with E-state index in [1.165, 1.54) is 11.8 Å². The highest BCUT2D eigenvalue weighted by atomic mass is 32.2. The fourth-order valence-corrected chi connectivity index (χ4v) is 5.07. The molecule has 9 heteroatoms. The van der Waals surface area contributed by atoms with Crippen molar-refractivity contribution in [3.63, 3.8) is 0 Å². The molecule has 1 saturated heterocycles. The highest BCUT2D eigenvalue weighted by molar-refractivity contribution is 8.00. The van der Waals surface area contributed by atoms with Crippen LogP contribution < -0.4 is 16.2 Å². The van der Waals surface area contributed by atoms with Gasteiger partial charge >= 0.3 is 0 Å². The van der Waals surface area contributed by atoms with E-state index in [0.717, 1.165) is 54.1 Å².